The monoisotopic (exact) mass is 784 g/mol. The van der Waals surface area contributed by atoms with E-state index in [-0.39, 0.29) is 44.5 Å². The summed E-state index contributed by atoms with van der Waals surface area (Å²) >= 11 is 20.5. The fourth-order valence-corrected chi connectivity index (χ4v) is 9.04. The first kappa shape index (κ1) is 35.7. The number of hydrogen-bond acceptors (Lipinski definition) is 7. The first-order valence-corrected chi connectivity index (χ1v) is 16.3. The van der Waals surface area contributed by atoms with Gasteiger partial charge in [0.1, 0.15) is 5.69 Å². The van der Waals surface area contributed by atoms with E-state index in [4.69, 9.17) is 39.5 Å². The number of carboxylic acid groups (broad SMARTS) is 1. The maximum atomic E-state index is 15.2. The SMILES string of the molecule is COc1cc([C@H]2C3=CC[C@@H]4C(=O)N(c5cccc(C(=O)O)c5)C(=O)[C@@H]4[C@@H]3C[C@@]3(Cl)C(=O)N(c4c(F)c(F)c(F)c(F)c4F)C(=O)[C@@]23Cl)cc(Cl)c1O. The van der Waals surface area contributed by atoms with Gasteiger partial charge in [0.2, 0.25) is 17.6 Å². The van der Waals surface area contributed by atoms with Crippen LogP contribution in [0.15, 0.2) is 48.0 Å². The minimum absolute atomic E-state index is 0.0786. The van der Waals surface area contributed by atoms with Crippen LogP contribution in [0.1, 0.15) is 34.7 Å². The van der Waals surface area contributed by atoms with Crippen LogP contribution >= 0.6 is 34.8 Å². The Morgan fingerprint density at radius 3 is 2.13 bits per heavy atom. The Morgan fingerprint density at radius 1 is 0.885 bits per heavy atom. The number of methoxy groups -OCH3 is 1. The number of alkyl halides is 2. The van der Waals surface area contributed by atoms with E-state index in [1.165, 1.54) is 24.3 Å². The number of carbonyl (C=O) groups excluding carboxylic acids is 4. The van der Waals surface area contributed by atoms with Crippen LogP contribution in [0, 0.1) is 46.8 Å². The van der Waals surface area contributed by atoms with Gasteiger partial charge in [-0.3, -0.25) is 24.1 Å². The second-order valence-corrected chi connectivity index (χ2v) is 14.3. The number of nitrogens with zero attached hydrogens (tertiary/aromatic N) is 2. The molecule has 0 aromatic heterocycles. The van der Waals surface area contributed by atoms with Crippen LogP contribution in [0.4, 0.5) is 33.3 Å². The van der Waals surface area contributed by atoms with Crippen molar-refractivity contribution in [1.29, 1.82) is 0 Å². The van der Waals surface area contributed by atoms with Gasteiger partial charge in [-0.05, 0) is 54.7 Å². The van der Waals surface area contributed by atoms with E-state index in [1.807, 2.05) is 0 Å². The van der Waals surface area contributed by atoms with Gasteiger partial charge >= 0.3 is 5.97 Å². The third-order valence-corrected chi connectivity index (χ3v) is 11.9. The number of fused-ring (bicyclic) bond motifs is 4. The molecule has 2 N–H and O–H groups in total. The number of allylic oxidation sites excluding steroid dienone is 2. The van der Waals surface area contributed by atoms with E-state index in [9.17, 15) is 47.4 Å². The standard InChI is InChI=1S/C34H20Cl3F5N2O8/c1-52-18-9-12(8-17(35)27(18)45)20-14-5-6-15-19(29(47)43(28(15)46)13-4-2-3-11(7-13)30(48)49)16(14)10-33(36)31(50)44(32(51)34(20,33)37)26-24(41)22(39)21(38)23(40)25(26)42/h2-5,7-9,15-16,19-20,45H,6,10H2,1H3,(H,48,49)/t15-,16+,19-,20-,33+,34-/m0/s1. The van der Waals surface area contributed by atoms with Crippen molar-refractivity contribution in [3.8, 4) is 11.5 Å². The largest absolute Gasteiger partial charge is 0.503 e. The maximum Gasteiger partial charge on any atom is 0.335 e. The number of benzene rings is 3. The number of imide groups is 2. The van der Waals surface area contributed by atoms with Gasteiger partial charge in [0.25, 0.3) is 11.8 Å². The Labute approximate surface area is 303 Å². The molecule has 0 unspecified atom stereocenters. The number of anilines is 2. The Balaban J connectivity index is 1.44. The van der Waals surface area contributed by atoms with Gasteiger partial charge in [-0.1, -0.05) is 29.3 Å². The fraction of sp³-hybridized carbons (Fsp3) is 0.265. The summed E-state index contributed by atoms with van der Waals surface area (Å²) in [6.45, 7) is 0. The van der Waals surface area contributed by atoms with E-state index in [2.05, 4.69) is 0 Å². The van der Waals surface area contributed by atoms with E-state index in [0.717, 1.165) is 30.2 Å². The van der Waals surface area contributed by atoms with Crippen LogP contribution in [0.5, 0.6) is 11.5 Å². The normalized spacial score (nSPS) is 28.1. The average molecular weight is 786 g/mol. The molecule has 4 aliphatic rings. The average Bonchev–Trinajstić information content (AvgIpc) is 3.45. The highest BCUT2D eigenvalue weighted by atomic mass is 35.5. The van der Waals surface area contributed by atoms with Crippen LogP contribution in [0.25, 0.3) is 0 Å². The summed E-state index contributed by atoms with van der Waals surface area (Å²) in [6, 6.07) is 7.26. The molecule has 18 heteroatoms. The van der Waals surface area contributed by atoms with Crippen molar-refractivity contribution in [2.24, 2.45) is 17.8 Å². The van der Waals surface area contributed by atoms with Gasteiger partial charge in [0.15, 0.2) is 44.5 Å². The van der Waals surface area contributed by atoms with Gasteiger partial charge in [-0.15, -0.1) is 23.2 Å². The number of phenols is 1. The lowest BCUT2D eigenvalue weighted by atomic mass is 9.56. The van der Waals surface area contributed by atoms with Crippen LogP contribution in [-0.4, -0.2) is 56.7 Å². The predicted molar refractivity (Wildman–Crippen MR) is 172 cm³/mol. The molecule has 2 saturated heterocycles. The number of amides is 4. The summed E-state index contributed by atoms with van der Waals surface area (Å²) in [5.74, 6) is -25.1. The van der Waals surface area contributed by atoms with Crippen molar-refractivity contribution >= 4 is 75.8 Å². The summed E-state index contributed by atoms with van der Waals surface area (Å²) in [7, 11) is 1.15. The molecule has 2 heterocycles. The molecule has 3 aromatic carbocycles. The number of rotatable bonds is 5. The third kappa shape index (κ3) is 4.51. The maximum absolute atomic E-state index is 15.2. The lowest BCUT2D eigenvalue weighted by Crippen LogP contribution is -2.60. The number of aromatic hydroxyl groups is 1. The van der Waals surface area contributed by atoms with Gasteiger partial charge in [0.05, 0.1) is 35.2 Å². The Hall–Kier alpha value is -4.73. The molecule has 3 aromatic rings. The minimum atomic E-state index is -2.83. The summed E-state index contributed by atoms with van der Waals surface area (Å²) in [6.07, 6.45) is 0.538. The number of carboxylic acids is 1. The molecule has 4 amide bonds. The van der Waals surface area contributed by atoms with E-state index in [1.54, 1.807) is 0 Å². The number of aromatic carboxylic acids is 1. The molecular formula is C34H20Cl3F5N2O8. The van der Waals surface area contributed by atoms with E-state index < -0.39 is 110 Å². The molecule has 0 radical (unpaired) electrons. The number of halogens is 8. The highest BCUT2D eigenvalue weighted by Crippen LogP contribution is 2.66. The number of phenolic OH excluding ortho intramolecular Hbond substituents is 1. The lowest BCUT2D eigenvalue weighted by Gasteiger charge is -2.50. The van der Waals surface area contributed by atoms with Gasteiger partial charge in [-0.25, -0.2) is 31.6 Å². The zero-order valence-electron chi connectivity index (χ0n) is 26.0. The van der Waals surface area contributed by atoms with Crippen LogP contribution < -0.4 is 14.5 Å². The summed E-state index contributed by atoms with van der Waals surface area (Å²) < 4.78 is 78.6. The number of carbonyl (C=O) groups is 5. The predicted octanol–water partition coefficient (Wildman–Crippen LogP) is 6.22. The second kappa shape index (κ2) is 11.9. The van der Waals surface area contributed by atoms with Crippen molar-refractivity contribution in [2.75, 3.05) is 16.9 Å². The first-order chi connectivity index (χ1) is 24.4. The fourth-order valence-electron chi connectivity index (χ4n) is 7.89. The van der Waals surface area contributed by atoms with Gasteiger partial charge < -0.3 is 14.9 Å². The van der Waals surface area contributed by atoms with Crippen molar-refractivity contribution in [1.82, 2.24) is 0 Å². The Morgan fingerprint density at radius 2 is 1.52 bits per heavy atom. The second-order valence-electron chi connectivity index (χ2n) is 12.6. The van der Waals surface area contributed by atoms with Crippen LogP contribution in [-0.2, 0) is 19.2 Å². The molecule has 0 bridgehead atoms. The van der Waals surface area contributed by atoms with Crippen molar-refractivity contribution < 1.29 is 60.9 Å². The van der Waals surface area contributed by atoms with Crippen molar-refractivity contribution in [3.63, 3.8) is 0 Å². The highest BCUT2D eigenvalue weighted by Gasteiger charge is 2.77. The van der Waals surface area contributed by atoms with Crippen molar-refractivity contribution in [2.45, 2.75) is 28.5 Å². The topological polar surface area (TPSA) is 142 Å². The summed E-state index contributed by atoms with van der Waals surface area (Å²) in [5.41, 5.74) is -2.22. The molecule has 2 aliphatic carbocycles. The minimum Gasteiger partial charge on any atom is -0.503 e. The summed E-state index contributed by atoms with van der Waals surface area (Å²) in [4.78, 5) is 63.3. The molecule has 6 atom stereocenters. The molecule has 10 nitrogen and oxygen atoms in total. The number of ether oxygens (including phenoxy) is 1. The molecule has 7 rings (SSSR count). The Bertz CT molecular complexity index is 2210. The molecule has 3 fully saturated rings. The number of hydrogen-bond donors (Lipinski definition) is 2. The molecule has 52 heavy (non-hydrogen) atoms. The highest BCUT2D eigenvalue weighted by molar-refractivity contribution is 6.58. The van der Waals surface area contributed by atoms with Gasteiger partial charge in [0, 0.05) is 5.92 Å². The molecule has 270 valence electrons. The zero-order valence-corrected chi connectivity index (χ0v) is 28.3. The lowest BCUT2D eigenvalue weighted by molar-refractivity contribution is -0.125. The zero-order chi connectivity index (χ0) is 37.9. The molecular weight excluding hydrogens is 766 g/mol. The molecule has 1 saturated carbocycles. The third-order valence-electron chi connectivity index (χ3n) is 10.2. The van der Waals surface area contributed by atoms with E-state index >= 15 is 8.78 Å². The van der Waals surface area contributed by atoms with Gasteiger partial charge in [-0.2, -0.15) is 0 Å². The Kier molecular flexibility index (Phi) is 8.16. The quantitative estimate of drug-likeness (QED) is 0.0777. The smallest absolute Gasteiger partial charge is 0.335 e. The summed E-state index contributed by atoms with van der Waals surface area (Å²) in [5, 5.41) is 19.6. The van der Waals surface area contributed by atoms with Crippen LogP contribution in [0.2, 0.25) is 5.02 Å². The van der Waals surface area contributed by atoms with Crippen molar-refractivity contribution in [3.05, 3.63) is 93.3 Å². The van der Waals surface area contributed by atoms with Crippen LogP contribution in [0.3, 0.4) is 0 Å². The first-order valence-electron chi connectivity index (χ1n) is 15.2. The molecule has 2 aliphatic heterocycles. The van der Waals surface area contributed by atoms with E-state index in [0.29, 0.717) is 0 Å². The molecule has 0 spiro atoms.